The van der Waals surface area contributed by atoms with E-state index in [-0.39, 0.29) is 0 Å². The second-order valence-electron chi connectivity index (χ2n) is 3.45. The van der Waals surface area contributed by atoms with Crippen molar-refractivity contribution in [3.05, 3.63) is 0 Å². The molecule has 1 heterocycles. The smallest absolute Gasteiger partial charge is 0.0601 e. The van der Waals surface area contributed by atoms with Crippen molar-refractivity contribution in [1.82, 2.24) is 4.90 Å². The molecular weight excluding hydrogens is 164 g/mol. The van der Waals surface area contributed by atoms with E-state index in [0.717, 1.165) is 19.4 Å². The molecule has 1 aliphatic rings. The predicted octanol–water partition coefficient (Wildman–Crippen LogP) is 0.0577. The van der Waals surface area contributed by atoms with Crippen LogP contribution in [-0.2, 0) is 4.74 Å². The molecule has 1 aliphatic heterocycles. The van der Waals surface area contributed by atoms with Crippen LogP contribution in [0.4, 0.5) is 0 Å². The summed E-state index contributed by atoms with van der Waals surface area (Å²) in [6, 6.07) is 0.398. The summed E-state index contributed by atoms with van der Waals surface area (Å²) in [5.41, 5.74) is 5.68. The van der Waals surface area contributed by atoms with Crippen molar-refractivity contribution in [2.75, 3.05) is 26.7 Å². The Labute approximate surface area is 80.2 Å². The summed E-state index contributed by atoms with van der Waals surface area (Å²) in [6.07, 6.45) is 7.72. The Hall–Kier alpha value is -0.560. The van der Waals surface area contributed by atoms with Crippen molar-refractivity contribution in [2.24, 2.45) is 5.73 Å². The van der Waals surface area contributed by atoms with E-state index >= 15 is 0 Å². The molecule has 0 saturated carbocycles. The van der Waals surface area contributed by atoms with Crippen molar-refractivity contribution >= 4 is 0 Å². The second kappa shape index (κ2) is 5.23. The summed E-state index contributed by atoms with van der Waals surface area (Å²) in [5, 5.41) is 0. The molecule has 74 valence electrons. The third kappa shape index (κ3) is 2.70. The Morgan fingerprint density at radius 1 is 1.69 bits per heavy atom. The van der Waals surface area contributed by atoms with Crippen LogP contribution in [0.1, 0.15) is 12.8 Å². The van der Waals surface area contributed by atoms with Crippen LogP contribution in [0.25, 0.3) is 0 Å². The molecule has 0 amide bonds. The van der Waals surface area contributed by atoms with Gasteiger partial charge in [0.25, 0.3) is 0 Å². The fourth-order valence-electron chi connectivity index (χ4n) is 1.85. The number of methoxy groups -OCH3 is 1. The second-order valence-corrected chi connectivity index (χ2v) is 3.45. The number of terminal acetylenes is 1. The van der Waals surface area contributed by atoms with Gasteiger partial charge in [-0.05, 0) is 12.8 Å². The molecule has 2 N–H and O–H groups in total. The molecule has 0 aromatic carbocycles. The molecule has 1 saturated heterocycles. The topological polar surface area (TPSA) is 38.5 Å². The van der Waals surface area contributed by atoms with Gasteiger partial charge in [0.15, 0.2) is 0 Å². The van der Waals surface area contributed by atoms with Gasteiger partial charge in [0.05, 0.1) is 12.6 Å². The van der Waals surface area contributed by atoms with Gasteiger partial charge in [0.2, 0.25) is 0 Å². The fraction of sp³-hybridized carbons (Fsp3) is 0.800. The fourth-order valence-corrected chi connectivity index (χ4v) is 1.85. The lowest BCUT2D eigenvalue weighted by Gasteiger charge is -2.37. The van der Waals surface area contributed by atoms with E-state index < -0.39 is 0 Å². The molecule has 0 aliphatic carbocycles. The van der Waals surface area contributed by atoms with Crippen molar-refractivity contribution in [3.8, 4) is 12.3 Å². The van der Waals surface area contributed by atoms with Crippen LogP contribution in [-0.4, -0.2) is 43.8 Å². The minimum absolute atomic E-state index is 0.363. The maximum atomic E-state index is 5.68. The maximum Gasteiger partial charge on any atom is 0.0601 e. The highest BCUT2D eigenvalue weighted by atomic mass is 16.5. The molecule has 0 aromatic heterocycles. The number of piperidine rings is 1. The zero-order valence-corrected chi connectivity index (χ0v) is 8.20. The number of ether oxygens (including phenoxy) is 1. The van der Waals surface area contributed by atoms with Crippen LogP contribution >= 0.6 is 0 Å². The molecule has 0 spiro atoms. The highest BCUT2D eigenvalue weighted by Gasteiger charge is 2.26. The average molecular weight is 182 g/mol. The summed E-state index contributed by atoms with van der Waals surface area (Å²) in [4.78, 5) is 2.26. The highest BCUT2D eigenvalue weighted by molar-refractivity contribution is 4.93. The Morgan fingerprint density at radius 3 is 3.00 bits per heavy atom. The molecule has 1 fully saturated rings. The number of nitrogens with two attached hydrogens (primary N) is 1. The van der Waals surface area contributed by atoms with E-state index in [0.29, 0.717) is 25.2 Å². The number of hydrogen-bond donors (Lipinski definition) is 1. The average Bonchev–Trinajstić information content (AvgIpc) is 2.19. The minimum Gasteiger partial charge on any atom is -0.381 e. The first-order chi connectivity index (χ1) is 6.31. The van der Waals surface area contributed by atoms with Gasteiger partial charge in [-0.15, -0.1) is 6.42 Å². The van der Waals surface area contributed by atoms with E-state index in [1.165, 1.54) is 0 Å². The summed E-state index contributed by atoms with van der Waals surface area (Å²) >= 11 is 0. The first-order valence-electron chi connectivity index (χ1n) is 4.72. The van der Waals surface area contributed by atoms with Gasteiger partial charge in [0.1, 0.15) is 0 Å². The van der Waals surface area contributed by atoms with Gasteiger partial charge in [-0.1, -0.05) is 5.92 Å². The first-order valence-corrected chi connectivity index (χ1v) is 4.72. The molecule has 2 atom stereocenters. The van der Waals surface area contributed by atoms with Crippen LogP contribution < -0.4 is 5.73 Å². The number of rotatable bonds is 3. The first kappa shape index (κ1) is 10.5. The number of nitrogens with zero attached hydrogens (tertiary/aromatic N) is 1. The lowest BCUT2D eigenvalue weighted by Crippen LogP contribution is -2.48. The van der Waals surface area contributed by atoms with Crippen molar-refractivity contribution in [2.45, 2.75) is 25.0 Å². The van der Waals surface area contributed by atoms with Crippen LogP contribution in [0.3, 0.4) is 0 Å². The third-order valence-electron chi connectivity index (χ3n) is 2.69. The molecule has 2 unspecified atom stereocenters. The quantitative estimate of drug-likeness (QED) is 0.627. The number of likely N-dealkylation sites (tertiary alicyclic amines) is 1. The molecule has 0 aromatic rings. The van der Waals surface area contributed by atoms with Gasteiger partial charge in [-0.25, -0.2) is 0 Å². The van der Waals surface area contributed by atoms with Crippen molar-refractivity contribution < 1.29 is 4.74 Å². The van der Waals surface area contributed by atoms with Crippen LogP contribution in [0.15, 0.2) is 0 Å². The van der Waals surface area contributed by atoms with Gasteiger partial charge in [0, 0.05) is 26.2 Å². The van der Waals surface area contributed by atoms with E-state index in [1.807, 2.05) is 0 Å². The zero-order chi connectivity index (χ0) is 9.68. The lowest BCUT2D eigenvalue weighted by molar-refractivity contribution is 0.0184. The molecule has 13 heavy (non-hydrogen) atoms. The number of hydrogen-bond acceptors (Lipinski definition) is 3. The van der Waals surface area contributed by atoms with E-state index in [9.17, 15) is 0 Å². The monoisotopic (exact) mass is 182 g/mol. The van der Waals surface area contributed by atoms with Crippen LogP contribution in [0.5, 0.6) is 0 Å². The van der Waals surface area contributed by atoms with Gasteiger partial charge in [-0.3, -0.25) is 4.90 Å². The molecule has 3 heteroatoms. The molecule has 1 rings (SSSR count). The Bertz CT molecular complexity index is 188. The SMILES string of the molecule is C#CCN1CCC(OC)CC1CN. The Kier molecular flexibility index (Phi) is 4.23. The normalized spacial score (nSPS) is 29.9. The van der Waals surface area contributed by atoms with E-state index in [4.69, 9.17) is 16.9 Å². The largest absolute Gasteiger partial charge is 0.381 e. The maximum absolute atomic E-state index is 5.68. The van der Waals surface area contributed by atoms with Crippen molar-refractivity contribution in [3.63, 3.8) is 0 Å². The Morgan fingerprint density at radius 2 is 2.46 bits per heavy atom. The zero-order valence-electron chi connectivity index (χ0n) is 8.20. The molecule has 3 nitrogen and oxygen atoms in total. The standard InChI is InChI=1S/C10H18N2O/c1-3-5-12-6-4-10(13-2)7-9(12)8-11/h1,9-10H,4-8,11H2,2H3. The van der Waals surface area contributed by atoms with Crippen LogP contribution in [0.2, 0.25) is 0 Å². The van der Waals surface area contributed by atoms with Gasteiger partial charge in [-0.2, -0.15) is 0 Å². The lowest BCUT2D eigenvalue weighted by atomic mass is 9.99. The predicted molar refractivity (Wildman–Crippen MR) is 53.3 cm³/mol. The van der Waals surface area contributed by atoms with Gasteiger partial charge >= 0.3 is 0 Å². The summed E-state index contributed by atoms with van der Waals surface area (Å²) in [7, 11) is 1.76. The third-order valence-corrected chi connectivity index (χ3v) is 2.69. The van der Waals surface area contributed by atoms with Crippen LogP contribution in [0, 0.1) is 12.3 Å². The Balaban J connectivity index is 2.46. The van der Waals surface area contributed by atoms with E-state index in [1.54, 1.807) is 7.11 Å². The summed E-state index contributed by atoms with van der Waals surface area (Å²) < 4.78 is 5.32. The van der Waals surface area contributed by atoms with Crippen molar-refractivity contribution in [1.29, 1.82) is 0 Å². The molecular formula is C10H18N2O. The summed E-state index contributed by atoms with van der Waals surface area (Å²) in [5.74, 6) is 2.66. The minimum atomic E-state index is 0.363. The summed E-state index contributed by atoms with van der Waals surface area (Å²) in [6.45, 7) is 2.38. The van der Waals surface area contributed by atoms with Gasteiger partial charge < -0.3 is 10.5 Å². The molecule has 0 radical (unpaired) electrons. The molecule has 0 bridgehead atoms. The van der Waals surface area contributed by atoms with E-state index in [2.05, 4.69) is 10.8 Å². The highest BCUT2D eigenvalue weighted by Crippen LogP contribution is 2.18.